The molecule has 0 aromatic heterocycles. The van der Waals surface area contributed by atoms with Crippen molar-refractivity contribution < 1.29 is 13.2 Å². The SMILES string of the molecule is CCC(CC)NCCS(=O)(=O)CCOC. The molecule has 5 heteroatoms. The van der Waals surface area contributed by atoms with Gasteiger partial charge in [-0.25, -0.2) is 8.42 Å². The van der Waals surface area contributed by atoms with Gasteiger partial charge in [0, 0.05) is 19.7 Å². The Morgan fingerprint density at radius 3 is 2.27 bits per heavy atom. The van der Waals surface area contributed by atoms with Crippen LogP contribution in [0.15, 0.2) is 0 Å². The maximum atomic E-state index is 11.4. The molecule has 0 amide bonds. The Labute approximate surface area is 93.3 Å². The third-order valence-corrected chi connectivity index (χ3v) is 4.04. The number of hydrogen-bond acceptors (Lipinski definition) is 4. The van der Waals surface area contributed by atoms with E-state index in [0.29, 0.717) is 12.6 Å². The van der Waals surface area contributed by atoms with E-state index in [1.165, 1.54) is 7.11 Å². The van der Waals surface area contributed by atoms with Crippen LogP contribution in [-0.4, -0.2) is 46.2 Å². The molecule has 0 bridgehead atoms. The van der Waals surface area contributed by atoms with Gasteiger partial charge in [-0.3, -0.25) is 0 Å². The first kappa shape index (κ1) is 14.9. The number of nitrogens with one attached hydrogen (secondary N) is 1. The maximum absolute atomic E-state index is 11.4. The van der Waals surface area contributed by atoms with Gasteiger partial charge in [0.2, 0.25) is 0 Å². The number of rotatable bonds is 9. The van der Waals surface area contributed by atoms with Crippen molar-refractivity contribution in [3.05, 3.63) is 0 Å². The van der Waals surface area contributed by atoms with Gasteiger partial charge in [-0.1, -0.05) is 13.8 Å². The van der Waals surface area contributed by atoms with E-state index in [0.717, 1.165) is 12.8 Å². The first-order chi connectivity index (χ1) is 7.05. The minimum absolute atomic E-state index is 0.119. The van der Waals surface area contributed by atoms with Crippen LogP contribution < -0.4 is 5.32 Å². The number of ether oxygens (including phenoxy) is 1. The molecule has 0 unspecified atom stereocenters. The summed E-state index contributed by atoms with van der Waals surface area (Å²) < 4.78 is 27.6. The van der Waals surface area contributed by atoms with Crippen molar-refractivity contribution in [1.29, 1.82) is 0 Å². The lowest BCUT2D eigenvalue weighted by Crippen LogP contribution is -2.33. The second-order valence-electron chi connectivity index (χ2n) is 3.61. The summed E-state index contributed by atoms with van der Waals surface area (Å²) in [5.41, 5.74) is 0. The van der Waals surface area contributed by atoms with Gasteiger partial charge in [-0.05, 0) is 12.8 Å². The van der Waals surface area contributed by atoms with Crippen molar-refractivity contribution >= 4 is 9.84 Å². The molecule has 0 aliphatic heterocycles. The predicted octanol–water partition coefficient (Wildman–Crippen LogP) is 0.826. The molecule has 0 fully saturated rings. The molecule has 0 saturated heterocycles. The quantitative estimate of drug-likeness (QED) is 0.645. The van der Waals surface area contributed by atoms with Crippen LogP contribution in [0.2, 0.25) is 0 Å². The highest BCUT2D eigenvalue weighted by atomic mass is 32.2. The Hall–Kier alpha value is -0.130. The van der Waals surface area contributed by atoms with Crippen LogP contribution in [0, 0.1) is 0 Å². The van der Waals surface area contributed by atoms with Gasteiger partial charge in [-0.15, -0.1) is 0 Å². The summed E-state index contributed by atoms with van der Waals surface area (Å²) in [6.07, 6.45) is 2.07. The summed E-state index contributed by atoms with van der Waals surface area (Å²) in [4.78, 5) is 0. The first-order valence-electron chi connectivity index (χ1n) is 5.48. The van der Waals surface area contributed by atoms with Crippen molar-refractivity contribution in [3.63, 3.8) is 0 Å². The second-order valence-corrected chi connectivity index (χ2v) is 5.92. The molecule has 15 heavy (non-hydrogen) atoms. The minimum atomic E-state index is -2.94. The highest BCUT2D eigenvalue weighted by Gasteiger charge is 2.11. The number of methoxy groups -OCH3 is 1. The standard InChI is InChI=1S/C10H23NO3S/c1-4-10(5-2)11-6-8-15(12,13)9-7-14-3/h10-11H,4-9H2,1-3H3. The molecule has 0 radical (unpaired) electrons. The van der Waals surface area contributed by atoms with Gasteiger partial charge >= 0.3 is 0 Å². The second kappa shape index (κ2) is 8.07. The molecule has 0 aliphatic rings. The largest absolute Gasteiger partial charge is 0.384 e. The minimum Gasteiger partial charge on any atom is -0.384 e. The van der Waals surface area contributed by atoms with E-state index in [4.69, 9.17) is 4.74 Å². The van der Waals surface area contributed by atoms with E-state index in [-0.39, 0.29) is 18.1 Å². The van der Waals surface area contributed by atoms with E-state index >= 15 is 0 Å². The van der Waals surface area contributed by atoms with Crippen LogP contribution in [0.5, 0.6) is 0 Å². The molecule has 4 nitrogen and oxygen atoms in total. The van der Waals surface area contributed by atoms with E-state index in [2.05, 4.69) is 19.2 Å². The van der Waals surface area contributed by atoms with Crippen LogP contribution >= 0.6 is 0 Å². The van der Waals surface area contributed by atoms with Crippen LogP contribution in [0.1, 0.15) is 26.7 Å². The molecule has 0 aromatic carbocycles. The monoisotopic (exact) mass is 237 g/mol. The first-order valence-corrected chi connectivity index (χ1v) is 7.30. The molecule has 0 aromatic rings. The molecule has 1 N–H and O–H groups in total. The van der Waals surface area contributed by atoms with Crippen molar-refractivity contribution in [2.24, 2.45) is 0 Å². The Morgan fingerprint density at radius 2 is 1.80 bits per heavy atom. The van der Waals surface area contributed by atoms with Gasteiger partial charge in [-0.2, -0.15) is 0 Å². The van der Waals surface area contributed by atoms with E-state index < -0.39 is 9.84 Å². The third-order valence-electron chi connectivity index (χ3n) is 2.43. The highest BCUT2D eigenvalue weighted by Crippen LogP contribution is 1.96. The van der Waals surface area contributed by atoms with Gasteiger partial charge in [0.15, 0.2) is 9.84 Å². The zero-order valence-corrected chi connectivity index (χ0v) is 10.8. The molecular formula is C10H23NO3S. The smallest absolute Gasteiger partial charge is 0.153 e. The molecule has 0 rings (SSSR count). The Balaban J connectivity index is 3.74. The van der Waals surface area contributed by atoms with Crippen LogP contribution in [0.4, 0.5) is 0 Å². The van der Waals surface area contributed by atoms with Gasteiger partial charge in [0.1, 0.15) is 0 Å². The maximum Gasteiger partial charge on any atom is 0.153 e. The molecule has 92 valence electrons. The third kappa shape index (κ3) is 7.76. The lowest BCUT2D eigenvalue weighted by molar-refractivity contribution is 0.217. The van der Waals surface area contributed by atoms with Crippen molar-refractivity contribution in [2.75, 3.05) is 31.8 Å². The van der Waals surface area contributed by atoms with Crippen molar-refractivity contribution in [2.45, 2.75) is 32.7 Å². The van der Waals surface area contributed by atoms with Crippen LogP contribution in [0.25, 0.3) is 0 Å². The average molecular weight is 237 g/mol. The van der Waals surface area contributed by atoms with E-state index in [9.17, 15) is 8.42 Å². The molecule has 0 spiro atoms. The van der Waals surface area contributed by atoms with Crippen LogP contribution in [0.3, 0.4) is 0 Å². The summed E-state index contributed by atoms with van der Waals surface area (Å²) in [6, 6.07) is 0.433. The Kier molecular flexibility index (Phi) is 8.00. The fourth-order valence-corrected chi connectivity index (χ4v) is 2.36. The van der Waals surface area contributed by atoms with Gasteiger partial charge < -0.3 is 10.1 Å². The number of hydrogen-bond donors (Lipinski definition) is 1. The van der Waals surface area contributed by atoms with Gasteiger partial charge in [0.05, 0.1) is 18.1 Å². The topological polar surface area (TPSA) is 55.4 Å². The van der Waals surface area contributed by atoms with Gasteiger partial charge in [0.25, 0.3) is 0 Å². The summed E-state index contributed by atoms with van der Waals surface area (Å²) in [5, 5.41) is 3.23. The molecular weight excluding hydrogens is 214 g/mol. The fraction of sp³-hybridized carbons (Fsp3) is 1.00. The molecule has 0 atom stereocenters. The summed E-state index contributed by atoms with van der Waals surface area (Å²) in [7, 11) is -1.43. The number of sulfone groups is 1. The predicted molar refractivity (Wildman–Crippen MR) is 62.9 cm³/mol. The zero-order valence-electron chi connectivity index (χ0n) is 9.95. The lowest BCUT2D eigenvalue weighted by Gasteiger charge is -2.14. The summed E-state index contributed by atoms with van der Waals surface area (Å²) >= 11 is 0. The highest BCUT2D eigenvalue weighted by molar-refractivity contribution is 7.91. The summed E-state index contributed by atoms with van der Waals surface area (Å²) in [6.45, 7) is 5.02. The Bertz CT molecular complexity index is 235. The van der Waals surface area contributed by atoms with Crippen molar-refractivity contribution in [1.82, 2.24) is 5.32 Å². The lowest BCUT2D eigenvalue weighted by atomic mass is 10.2. The molecule has 0 heterocycles. The molecule has 0 aliphatic carbocycles. The molecule has 0 saturated carbocycles. The van der Waals surface area contributed by atoms with Crippen molar-refractivity contribution in [3.8, 4) is 0 Å². The Morgan fingerprint density at radius 1 is 1.20 bits per heavy atom. The van der Waals surface area contributed by atoms with Crippen LogP contribution in [-0.2, 0) is 14.6 Å². The normalized spacial score (nSPS) is 12.3. The van der Waals surface area contributed by atoms with E-state index in [1.807, 2.05) is 0 Å². The zero-order chi connectivity index (χ0) is 11.7. The summed E-state index contributed by atoms with van der Waals surface area (Å²) in [5.74, 6) is 0.320. The van der Waals surface area contributed by atoms with E-state index in [1.54, 1.807) is 0 Å². The fourth-order valence-electron chi connectivity index (χ4n) is 1.31. The average Bonchev–Trinajstić information content (AvgIpc) is 2.22.